The van der Waals surface area contributed by atoms with Gasteiger partial charge in [-0.3, -0.25) is 13.9 Å². The zero-order chi connectivity index (χ0) is 19.2. The molecule has 0 N–H and O–H groups in total. The van der Waals surface area contributed by atoms with Gasteiger partial charge < -0.3 is 0 Å². The van der Waals surface area contributed by atoms with E-state index in [2.05, 4.69) is 4.98 Å². The van der Waals surface area contributed by atoms with Crippen molar-refractivity contribution in [2.45, 2.75) is 12.7 Å². The maximum Gasteiger partial charge on any atom is 0.433 e. The van der Waals surface area contributed by atoms with Gasteiger partial charge in [-0.25, -0.2) is 9.78 Å². The molecule has 0 amide bonds. The summed E-state index contributed by atoms with van der Waals surface area (Å²) in [4.78, 5) is 28.5. The topological polar surface area (TPSA) is 56.9 Å². The van der Waals surface area contributed by atoms with Gasteiger partial charge in [0.2, 0.25) is 0 Å². The molecule has 0 saturated carbocycles. The molecule has 0 bridgehead atoms. The van der Waals surface area contributed by atoms with E-state index in [0.29, 0.717) is 16.7 Å². The maximum atomic E-state index is 12.8. The number of halogens is 5. The fourth-order valence-corrected chi connectivity index (χ4v) is 2.96. The summed E-state index contributed by atoms with van der Waals surface area (Å²) in [5.74, 6) is 0. The van der Waals surface area contributed by atoms with E-state index in [-0.39, 0.29) is 22.6 Å². The predicted molar refractivity (Wildman–Crippen MR) is 91.8 cm³/mol. The van der Waals surface area contributed by atoms with E-state index in [4.69, 9.17) is 23.2 Å². The van der Waals surface area contributed by atoms with Crippen LogP contribution in [-0.4, -0.2) is 14.1 Å². The van der Waals surface area contributed by atoms with E-state index in [9.17, 15) is 22.8 Å². The van der Waals surface area contributed by atoms with Crippen LogP contribution in [0.4, 0.5) is 13.2 Å². The van der Waals surface area contributed by atoms with Crippen LogP contribution in [0, 0.1) is 0 Å². The Morgan fingerprint density at radius 2 is 1.81 bits per heavy atom. The van der Waals surface area contributed by atoms with Crippen molar-refractivity contribution in [3.63, 3.8) is 0 Å². The van der Waals surface area contributed by atoms with Gasteiger partial charge in [0, 0.05) is 17.1 Å². The summed E-state index contributed by atoms with van der Waals surface area (Å²) in [7, 11) is 1.25. The number of fused-ring (bicyclic) bond motifs is 1. The highest BCUT2D eigenvalue weighted by molar-refractivity contribution is 6.35. The summed E-state index contributed by atoms with van der Waals surface area (Å²) in [6, 6.07) is 6.29. The standard InChI is InChI=1S/C16H10Cl2F3N3O2/c1-23-13-10(4-5-12(22-13)16(19,20)21)14(25)24(15(23)26)7-8-2-3-9(17)6-11(8)18/h2-6H,7H2,1H3. The third kappa shape index (κ3) is 3.22. The molecule has 1 aromatic carbocycles. The lowest BCUT2D eigenvalue weighted by molar-refractivity contribution is -0.141. The van der Waals surface area contributed by atoms with Crippen LogP contribution in [0.5, 0.6) is 0 Å². The van der Waals surface area contributed by atoms with Gasteiger partial charge in [-0.2, -0.15) is 13.2 Å². The second-order valence-electron chi connectivity index (χ2n) is 5.53. The van der Waals surface area contributed by atoms with Gasteiger partial charge >= 0.3 is 11.9 Å². The Balaban J connectivity index is 2.22. The Bertz CT molecular complexity index is 1140. The van der Waals surface area contributed by atoms with Gasteiger partial charge in [-0.05, 0) is 29.8 Å². The molecule has 0 radical (unpaired) electrons. The van der Waals surface area contributed by atoms with Crippen molar-refractivity contribution >= 4 is 34.2 Å². The number of pyridine rings is 1. The Morgan fingerprint density at radius 1 is 1.12 bits per heavy atom. The minimum atomic E-state index is -4.68. The molecular formula is C16H10Cl2F3N3O2. The number of nitrogens with zero attached hydrogens (tertiary/aromatic N) is 3. The summed E-state index contributed by atoms with van der Waals surface area (Å²) < 4.78 is 40.3. The molecule has 26 heavy (non-hydrogen) atoms. The maximum absolute atomic E-state index is 12.8. The van der Waals surface area contributed by atoms with Crippen LogP contribution in [0.2, 0.25) is 10.0 Å². The van der Waals surface area contributed by atoms with E-state index in [1.165, 1.54) is 13.1 Å². The minimum absolute atomic E-state index is 0.106. The lowest BCUT2D eigenvalue weighted by Crippen LogP contribution is -2.39. The fraction of sp³-hybridized carbons (Fsp3) is 0.188. The van der Waals surface area contributed by atoms with Crippen LogP contribution in [0.1, 0.15) is 11.3 Å². The molecule has 0 saturated heterocycles. The highest BCUT2D eigenvalue weighted by atomic mass is 35.5. The van der Waals surface area contributed by atoms with Crippen molar-refractivity contribution in [2.24, 2.45) is 7.05 Å². The van der Waals surface area contributed by atoms with Gasteiger partial charge in [0.05, 0.1) is 11.9 Å². The number of alkyl halides is 3. The molecule has 3 aromatic rings. The van der Waals surface area contributed by atoms with Crippen LogP contribution < -0.4 is 11.2 Å². The number of aromatic nitrogens is 3. The first kappa shape index (κ1) is 18.5. The van der Waals surface area contributed by atoms with Crippen molar-refractivity contribution < 1.29 is 13.2 Å². The Hall–Kier alpha value is -2.32. The SMILES string of the molecule is Cn1c(=O)n(Cc2ccc(Cl)cc2Cl)c(=O)c2ccc(C(F)(F)F)nc21. The summed E-state index contributed by atoms with van der Waals surface area (Å²) in [5.41, 5.74) is -2.61. The van der Waals surface area contributed by atoms with E-state index >= 15 is 0 Å². The molecule has 10 heteroatoms. The fourth-order valence-electron chi connectivity index (χ4n) is 2.49. The van der Waals surface area contributed by atoms with Crippen molar-refractivity contribution in [1.29, 1.82) is 0 Å². The van der Waals surface area contributed by atoms with E-state index in [1.54, 1.807) is 12.1 Å². The smallest absolute Gasteiger partial charge is 0.280 e. The molecule has 0 unspecified atom stereocenters. The average molecular weight is 404 g/mol. The normalized spacial score (nSPS) is 11.9. The van der Waals surface area contributed by atoms with E-state index < -0.39 is 23.1 Å². The molecule has 2 aromatic heterocycles. The Labute approximate surface area is 154 Å². The Kier molecular flexibility index (Phi) is 4.58. The van der Waals surface area contributed by atoms with Crippen molar-refractivity contribution in [1.82, 2.24) is 14.1 Å². The molecular weight excluding hydrogens is 394 g/mol. The lowest BCUT2D eigenvalue weighted by atomic mass is 10.2. The van der Waals surface area contributed by atoms with E-state index in [1.807, 2.05) is 0 Å². The first-order valence-electron chi connectivity index (χ1n) is 7.21. The summed E-state index contributed by atoms with van der Waals surface area (Å²) in [6.07, 6.45) is -4.68. The monoisotopic (exact) mass is 403 g/mol. The third-order valence-corrected chi connectivity index (χ3v) is 4.41. The quantitative estimate of drug-likeness (QED) is 0.658. The van der Waals surface area contributed by atoms with E-state index in [0.717, 1.165) is 15.2 Å². The van der Waals surface area contributed by atoms with Crippen molar-refractivity contribution in [3.05, 3.63) is 72.5 Å². The van der Waals surface area contributed by atoms with Gasteiger partial charge in [0.1, 0.15) is 11.3 Å². The number of hydrogen-bond donors (Lipinski definition) is 0. The molecule has 0 atom stereocenters. The highest BCUT2D eigenvalue weighted by Crippen LogP contribution is 2.28. The summed E-state index contributed by atoms with van der Waals surface area (Å²) in [6.45, 7) is -0.154. The minimum Gasteiger partial charge on any atom is -0.280 e. The highest BCUT2D eigenvalue weighted by Gasteiger charge is 2.33. The molecule has 5 nitrogen and oxygen atoms in total. The van der Waals surface area contributed by atoms with Crippen molar-refractivity contribution in [3.8, 4) is 0 Å². The molecule has 2 heterocycles. The first-order chi connectivity index (χ1) is 12.1. The first-order valence-corrected chi connectivity index (χ1v) is 7.97. The van der Waals surface area contributed by atoms with Crippen LogP contribution >= 0.6 is 23.2 Å². The van der Waals surface area contributed by atoms with Gasteiger partial charge in [0.15, 0.2) is 0 Å². The van der Waals surface area contributed by atoms with Gasteiger partial charge in [-0.1, -0.05) is 29.3 Å². The lowest BCUT2D eigenvalue weighted by Gasteiger charge is -2.13. The molecule has 0 aliphatic heterocycles. The average Bonchev–Trinajstić information content (AvgIpc) is 2.57. The molecule has 3 rings (SSSR count). The Morgan fingerprint density at radius 3 is 2.42 bits per heavy atom. The molecule has 0 aliphatic rings. The molecule has 0 fully saturated rings. The number of benzene rings is 1. The van der Waals surface area contributed by atoms with Crippen LogP contribution in [-0.2, 0) is 19.8 Å². The molecule has 136 valence electrons. The number of hydrogen-bond acceptors (Lipinski definition) is 3. The predicted octanol–water partition coefficient (Wildman–Crippen LogP) is 3.47. The van der Waals surface area contributed by atoms with Crippen molar-refractivity contribution in [2.75, 3.05) is 0 Å². The largest absolute Gasteiger partial charge is 0.433 e. The third-order valence-electron chi connectivity index (χ3n) is 3.82. The second-order valence-corrected chi connectivity index (χ2v) is 6.38. The summed E-state index contributed by atoms with van der Waals surface area (Å²) >= 11 is 11.9. The van der Waals surface area contributed by atoms with Gasteiger partial charge in [0.25, 0.3) is 5.56 Å². The summed E-state index contributed by atoms with van der Waals surface area (Å²) in [5, 5.41) is 0.545. The number of rotatable bonds is 2. The van der Waals surface area contributed by atoms with Crippen LogP contribution in [0.15, 0.2) is 39.9 Å². The zero-order valence-electron chi connectivity index (χ0n) is 13.1. The zero-order valence-corrected chi connectivity index (χ0v) is 14.7. The second kappa shape index (κ2) is 6.44. The van der Waals surface area contributed by atoms with Gasteiger partial charge in [-0.15, -0.1) is 0 Å². The van der Waals surface area contributed by atoms with Crippen LogP contribution in [0.3, 0.4) is 0 Å². The molecule has 0 aliphatic carbocycles. The number of aryl methyl sites for hydroxylation is 1. The molecule has 0 spiro atoms. The van der Waals surface area contributed by atoms with Crippen LogP contribution in [0.25, 0.3) is 11.0 Å².